The van der Waals surface area contributed by atoms with E-state index in [1.54, 1.807) is 31.2 Å². The summed E-state index contributed by atoms with van der Waals surface area (Å²) in [6.45, 7) is 7.86. The maximum atomic E-state index is 14.9. The maximum Gasteiger partial charge on any atom is 0.334 e. The zero-order valence-electron chi connectivity index (χ0n) is 39.1. The minimum Gasteiger partial charge on any atom is -0.504 e. The fraction of sp³-hybridized carbons (Fsp3) is 0.615. The van der Waals surface area contributed by atoms with Gasteiger partial charge in [-0.15, -0.1) is 0 Å². The highest BCUT2D eigenvalue weighted by Crippen LogP contribution is 2.44. The average Bonchev–Trinajstić information content (AvgIpc) is 3.28. The van der Waals surface area contributed by atoms with Crippen molar-refractivity contribution >= 4 is 18.0 Å². The zero-order valence-corrected chi connectivity index (χ0v) is 39.1. The number of methoxy groups -OCH3 is 1. The van der Waals surface area contributed by atoms with Crippen LogP contribution in [0, 0.1) is 29.6 Å². The number of aromatic hydroxyl groups is 1. The molecule has 1 fully saturated rings. The van der Waals surface area contributed by atoms with Crippen LogP contribution in [0.1, 0.15) is 107 Å². The molecule has 13 unspecified atom stereocenters. The Morgan fingerprint density at radius 3 is 2.50 bits per heavy atom. The summed E-state index contributed by atoms with van der Waals surface area (Å²) in [5.74, 6) is -3.85. The van der Waals surface area contributed by atoms with Gasteiger partial charge in [-0.25, -0.2) is 4.79 Å². The lowest BCUT2D eigenvalue weighted by Crippen LogP contribution is -2.71. The SMILES string of the molecule is CCCC(CCC(=O)OC1C(O)C2OC(O)(C=CC2NCC(C)O)C1OC(=O)C(=Cc1ccc(O)c(OC)c1)CC1c2cc(CCO)ccc2CCC1CO)C1C=CC(CC(C)C)C(O)C1. The number of phenolic OH excluding ortho intramolecular Hbond substituents is 1. The normalized spacial score (nSPS) is 30.4. The molecule has 2 aromatic rings. The number of rotatable bonds is 21. The van der Waals surface area contributed by atoms with Crippen LogP contribution in [0.2, 0.25) is 0 Å². The van der Waals surface area contributed by atoms with E-state index in [2.05, 4.69) is 38.2 Å². The summed E-state index contributed by atoms with van der Waals surface area (Å²) in [6, 6.07) is 9.86. The first-order valence-corrected chi connectivity index (χ1v) is 23.9. The van der Waals surface area contributed by atoms with Crippen LogP contribution in [0.3, 0.4) is 0 Å². The number of benzene rings is 2. The van der Waals surface area contributed by atoms with E-state index in [0.29, 0.717) is 43.6 Å². The summed E-state index contributed by atoms with van der Waals surface area (Å²) in [7, 11) is 1.41. The molecule has 2 bridgehead atoms. The Kier molecular flexibility index (Phi) is 18.1. The molecule has 1 saturated heterocycles. The molecule has 0 radical (unpaired) electrons. The predicted octanol–water partition coefficient (Wildman–Crippen LogP) is 5.02. The number of nitrogens with one attached hydrogen (secondary N) is 1. The van der Waals surface area contributed by atoms with Crippen LogP contribution in [-0.2, 0) is 36.6 Å². The van der Waals surface area contributed by atoms with Crippen molar-refractivity contribution in [3.05, 3.63) is 88.5 Å². The van der Waals surface area contributed by atoms with E-state index in [9.17, 15) is 45.3 Å². The van der Waals surface area contributed by atoms with E-state index < -0.39 is 60.4 Å². The van der Waals surface area contributed by atoms with Crippen molar-refractivity contribution in [3.8, 4) is 11.5 Å². The van der Waals surface area contributed by atoms with Crippen LogP contribution >= 0.6 is 0 Å². The number of carbonyl (C=O) groups is 2. The Morgan fingerprint density at radius 1 is 1.03 bits per heavy atom. The van der Waals surface area contributed by atoms with Crippen molar-refractivity contribution in [3.63, 3.8) is 0 Å². The number of aliphatic hydroxyl groups excluding tert-OH is 5. The van der Waals surface area contributed by atoms with Gasteiger partial charge in [-0.05, 0) is 128 Å². The number of aliphatic hydroxyl groups is 6. The Labute approximate surface area is 389 Å². The topological polar surface area (TPSA) is 225 Å². The number of hydrogen-bond acceptors (Lipinski definition) is 14. The third kappa shape index (κ3) is 12.5. The first-order chi connectivity index (χ1) is 31.6. The first-order valence-electron chi connectivity index (χ1n) is 23.9. The number of hydrogen-bond donors (Lipinski definition) is 8. The van der Waals surface area contributed by atoms with Gasteiger partial charge in [0.1, 0.15) is 12.2 Å². The van der Waals surface area contributed by atoms with E-state index in [1.807, 2.05) is 18.2 Å². The monoisotopic (exact) mass is 920 g/mol. The van der Waals surface area contributed by atoms with Gasteiger partial charge in [0.25, 0.3) is 0 Å². The average molecular weight is 920 g/mol. The highest BCUT2D eigenvalue weighted by atomic mass is 16.7. The lowest BCUT2D eigenvalue weighted by Gasteiger charge is -2.51. The van der Waals surface area contributed by atoms with Gasteiger partial charge >= 0.3 is 11.9 Å². The molecule has 8 N–H and O–H groups in total. The molecule has 6 rings (SSSR count). The number of phenols is 1. The molecule has 0 amide bonds. The fourth-order valence-electron chi connectivity index (χ4n) is 10.4. The lowest BCUT2D eigenvalue weighted by molar-refractivity contribution is -0.333. The van der Waals surface area contributed by atoms with Crippen molar-refractivity contribution in [2.75, 3.05) is 26.9 Å². The first kappa shape index (κ1) is 51.3. The summed E-state index contributed by atoms with van der Waals surface area (Å²) >= 11 is 0. The second kappa shape index (κ2) is 23.3. The number of aryl methyl sites for hydroxylation is 1. The van der Waals surface area contributed by atoms with E-state index >= 15 is 0 Å². The van der Waals surface area contributed by atoms with Gasteiger partial charge in [0.15, 0.2) is 23.7 Å². The third-order valence-corrected chi connectivity index (χ3v) is 13.9. The molecule has 2 aromatic carbocycles. The van der Waals surface area contributed by atoms with Crippen LogP contribution in [0.5, 0.6) is 11.5 Å². The van der Waals surface area contributed by atoms with Crippen LogP contribution in [0.25, 0.3) is 6.08 Å². The molecule has 364 valence electrons. The van der Waals surface area contributed by atoms with E-state index in [-0.39, 0.29) is 79.3 Å². The Balaban J connectivity index is 1.32. The second-order valence-electron chi connectivity index (χ2n) is 19.4. The van der Waals surface area contributed by atoms with Crippen molar-refractivity contribution in [2.45, 2.75) is 146 Å². The standard InChI is InChI=1S/C52H73NO13/c1-6-7-34(36-12-13-37(22-30(2)3)44(58)27-36)15-17-46(59)64-49-47(60)48-42(53-28-31(4)56)18-20-52(62,66-48)50(49)65-51(61)39(23-33-9-16-43(57)45(25-33)63-5)26-41-38(29-55)14-11-35-10-8-32(19-21-54)24-40(35)41/h8-10,12-13,16,18,20,23-25,30-31,34,36-38,41-42,44,47-50,53-58,60,62H,6-7,11,14-15,17,19,21-22,26-29H2,1-5H3. The number of allylic oxidation sites excluding steroid dienone is 1. The van der Waals surface area contributed by atoms with Gasteiger partial charge in [0.2, 0.25) is 5.79 Å². The van der Waals surface area contributed by atoms with Crippen molar-refractivity contribution < 1.29 is 64.3 Å². The number of carbonyl (C=O) groups excluding carboxylic acids is 2. The summed E-state index contributed by atoms with van der Waals surface area (Å²) in [5.41, 5.74) is 3.49. The number of esters is 2. The molecule has 14 nitrogen and oxygen atoms in total. The molecule has 0 aromatic heterocycles. The highest BCUT2D eigenvalue weighted by Gasteiger charge is 2.60. The largest absolute Gasteiger partial charge is 0.504 e. The number of fused-ring (bicyclic) bond motifs is 3. The van der Waals surface area contributed by atoms with Crippen LogP contribution in [-0.4, -0.2) is 123 Å². The molecule has 0 spiro atoms. The second-order valence-corrected chi connectivity index (χ2v) is 19.4. The van der Waals surface area contributed by atoms with Crippen LogP contribution in [0.15, 0.2) is 66.3 Å². The quantitative estimate of drug-likeness (QED) is 0.0468. The minimum atomic E-state index is -2.36. The predicted molar refractivity (Wildman–Crippen MR) is 248 cm³/mol. The molecule has 0 saturated carbocycles. The Morgan fingerprint density at radius 2 is 1.82 bits per heavy atom. The summed E-state index contributed by atoms with van der Waals surface area (Å²) < 4.78 is 23.8. The molecule has 2 aliphatic heterocycles. The molecule has 13 atom stereocenters. The van der Waals surface area contributed by atoms with E-state index in [1.165, 1.54) is 19.3 Å². The highest BCUT2D eigenvalue weighted by molar-refractivity contribution is 5.94. The van der Waals surface area contributed by atoms with Crippen LogP contribution in [0.4, 0.5) is 0 Å². The van der Waals surface area contributed by atoms with E-state index in [0.717, 1.165) is 36.0 Å². The van der Waals surface area contributed by atoms with Gasteiger partial charge in [-0.3, -0.25) is 4.79 Å². The van der Waals surface area contributed by atoms with Gasteiger partial charge in [-0.2, -0.15) is 0 Å². The van der Waals surface area contributed by atoms with Gasteiger partial charge < -0.3 is 60.0 Å². The smallest absolute Gasteiger partial charge is 0.334 e. The van der Waals surface area contributed by atoms with Crippen LogP contribution < -0.4 is 10.1 Å². The Bertz CT molecular complexity index is 2030. The molecule has 2 heterocycles. The molecule has 4 aliphatic rings. The van der Waals surface area contributed by atoms with Gasteiger partial charge in [-0.1, -0.05) is 76.1 Å². The van der Waals surface area contributed by atoms with Gasteiger partial charge in [0.05, 0.1) is 25.4 Å². The fourth-order valence-corrected chi connectivity index (χ4v) is 10.4. The van der Waals surface area contributed by atoms with E-state index in [4.69, 9.17) is 18.9 Å². The number of ether oxygens (including phenoxy) is 4. The third-order valence-electron chi connectivity index (χ3n) is 13.9. The molecular formula is C52H73NO13. The summed E-state index contributed by atoms with van der Waals surface area (Å²) in [6.07, 6.45) is 6.80. The van der Waals surface area contributed by atoms with Gasteiger partial charge in [0, 0.05) is 37.7 Å². The lowest BCUT2D eigenvalue weighted by atomic mass is 9.72. The van der Waals surface area contributed by atoms with Crippen molar-refractivity contribution in [1.29, 1.82) is 0 Å². The Hall–Kier alpha value is -4.12. The minimum absolute atomic E-state index is 0.0380. The van der Waals surface area contributed by atoms with Crippen molar-refractivity contribution in [2.24, 2.45) is 29.6 Å². The molecular weight excluding hydrogens is 847 g/mol. The zero-order chi connectivity index (χ0) is 47.7. The molecule has 66 heavy (non-hydrogen) atoms. The maximum absolute atomic E-state index is 14.9. The molecule has 2 aliphatic carbocycles. The summed E-state index contributed by atoms with van der Waals surface area (Å²) in [5, 5.41) is 79.3. The van der Waals surface area contributed by atoms with Crippen molar-refractivity contribution in [1.82, 2.24) is 5.32 Å². The molecule has 14 heteroatoms. The summed E-state index contributed by atoms with van der Waals surface area (Å²) in [4.78, 5) is 28.9.